The summed E-state index contributed by atoms with van der Waals surface area (Å²) < 4.78 is 6.03. The van der Waals surface area contributed by atoms with Crippen LogP contribution in [0.2, 0.25) is 0 Å². The Hall–Kier alpha value is -1.08. The quantitative estimate of drug-likeness (QED) is 0.907. The van der Waals surface area contributed by atoms with Crippen LogP contribution >= 0.6 is 27.3 Å². The van der Waals surface area contributed by atoms with E-state index in [1.54, 1.807) is 11.9 Å². The Labute approximate surface area is 124 Å². The van der Waals surface area contributed by atoms with Crippen molar-refractivity contribution in [1.82, 2.24) is 10.2 Å². The van der Waals surface area contributed by atoms with E-state index in [1.807, 2.05) is 6.92 Å². The van der Waals surface area contributed by atoms with Crippen molar-refractivity contribution in [3.8, 4) is 5.75 Å². The van der Waals surface area contributed by atoms with E-state index in [9.17, 15) is 9.59 Å². The van der Waals surface area contributed by atoms with Crippen molar-refractivity contribution in [3.05, 3.63) is 14.2 Å². The Morgan fingerprint density at radius 1 is 1.58 bits per heavy atom. The molecule has 1 aromatic rings. The van der Waals surface area contributed by atoms with E-state index in [0.29, 0.717) is 23.6 Å². The molecule has 0 saturated carbocycles. The summed E-state index contributed by atoms with van der Waals surface area (Å²) in [5.41, 5.74) is 0. The van der Waals surface area contributed by atoms with Crippen LogP contribution in [0, 0.1) is 6.92 Å². The van der Waals surface area contributed by atoms with E-state index in [1.165, 1.54) is 18.4 Å². The van der Waals surface area contributed by atoms with Crippen molar-refractivity contribution in [2.24, 2.45) is 0 Å². The summed E-state index contributed by atoms with van der Waals surface area (Å²) in [6, 6.07) is -0.427. The van der Waals surface area contributed by atoms with Crippen LogP contribution in [0.25, 0.3) is 0 Å². The zero-order valence-corrected chi connectivity index (χ0v) is 13.4. The summed E-state index contributed by atoms with van der Waals surface area (Å²) >= 11 is 4.74. The summed E-state index contributed by atoms with van der Waals surface area (Å²) in [6.07, 6.45) is 0.648. The van der Waals surface area contributed by atoms with E-state index >= 15 is 0 Å². The van der Waals surface area contributed by atoms with Crippen LogP contribution in [0.15, 0.2) is 4.47 Å². The second kappa shape index (κ2) is 5.50. The van der Waals surface area contributed by atoms with Crippen LogP contribution in [-0.2, 0) is 4.79 Å². The topological polar surface area (TPSA) is 58.6 Å². The second-order valence-electron chi connectivity index (χ2n) is 4.41. The first-order valence-corrected chi connectivity index (χ1v) is 7.45. The van der Waals surface area contributed by atoms with Crippen LogP contribution in [0.5, 0.6) is 5.75 Å². The number of methoxy groups -OCH3 is 1. The normalized spacial score (nSPS) is 18.8. The number of hydrogen-bond acceptors (Lipinski definition) is 4. The molecule has 1 fully saturated rings. The van der Waals surface area contributed by atoms with Crippen molar-refractivity contribution in [2.45, 2.75) is 19.4 Å². The lowest BCUT2D eigenvalue weighted by molar-refractivity contribution is -0.128. The Balaban J connectivity index is 2.17. The fourth-order valence-electron chi connectivity index (χ4n) is 2.02. The predicted molar refractivity (Wildman–Crippen MR) is 76.8 cm³/mol. The van der Waals surface area contributed by atoms with Crippen LogP contribution in [0.3, 0.4) is 0 Å². The van der Waals surface area contributed by atoms with Gasteiger partial charge in [-0.05, 0) is 29.3 Å². The number of nitrogens with zero attached hydrogens (tertiary/aromatic N) is 1. The number of aryl methyl sites for hydroxylation is 1. The van der Waals surface area contributed by atoms with Gasteiger partial charge in [-0.15, -0.1) is 11.3 Å². The van der Waals surface area contributed by atoms with Crippen molar-refractivity contribution in [1.29, 1.82) is 0 Å². The highest BCUT2D eigenvalue weighted by Crippen LogP contribution is 2.39. The standard InChI is InChI=1S/C12H15BrN2O3S/c1-6-8(13)9(18-3)10(19-6)11(16)14-7-4-5-15(2)12(7)17/h7H,4-5H2,1-3H3,(H,14,16). The van der Waals surface area contributed by atoms with Gasteiger partial charge in [-0.2, -0.15) is 0 Å². The Kier molecular flexibility index (Phi) is 4.15. The van der Waals surface area contributed by atoms with Gasteiger partial charge in [0, 0.05) is 18.5 Å². The van der Waals surface area contributed by atoms with Gasteiger partial charge in [0.25, 0.3) is 5.91 Å². The number of carbonyl (C=O) groups is 2. The van der Waals surface area contributed by atoms with Gasteiger partial charge in [-0.3, -0.25) is 9.59 Å². The summed E-state index contributed by atoms with van der Waals surface area (Å²) in [4.78, 5) is 27.1. The first-order chi connectivity index (χ1) is 8.95. The number of likely N-dealkylation sites (tertiary alicyclic amines) is 1. The van der Waals surface area contributed by atoms with Gasteiger partial charge in [-0.1, -0.05) is 0 Å². The number of thiophene rings is 1. The predicted octanol–water partition coefficient (Wildman–Crippen LogP) is 1.79. The Morgan fingerprint density at radius 3 is 2.79 bits per heavy atom. The molecular weight excluding hydrogens is 332 g/mol. The maximum absolute atomic E-state index is 12.2. The molecule has 2 rings (SSSR count). The smallest absolute Gasteiger partial charge is 0.265 e. The summed E-state index contributed by atoms with van der Waals surface area (Å²) in [6.45, 7) is 2.58. The number of amides is 2. The van der Waals surface area contributed by atoms with E-state index in [-0.39, 0.29) is 11.8 Å². The monoisotopic (exact) mass is 346 g/mol. The molecule has 1 N–H and O–H groups in total. The summed E-state index contributed by atoms with van der Waals surface area (Å²) in [5, 5.41) is 2.77. The average molecular weight is 347 g/mol. The van der Waals surface area contributed by atoms with Gasteiger partial charge < -0.3 is 15.0 Å². The molecule has 0 aliphatic carbocycles. The lowest BCUT2D eigenvalue weighted by Gasteiger charge is -2.12. The number of hydrogen-bond donors (Lipinski definition) is 1. The molecule has 7 heteroatoms. The SMILES string of the molecule is COc1c(C(=O)NC2CCN(C)C2=O)sc(C)c1Br. The first-order valence-electron chi connectivity index (χ1n) is 5.84. The van der Waals surface area contributed by atoms with E-state index < -0.39 is 6.04 Å². The second-order valence-corrected chi connectivity index (χ2v) is 6.43. The summed E-state index contributed by atoms with van der Waals surface area (Å²) in [5.74, 6) is 0.225. The fraction of sp³-hybridized carbons (Fsp3) is 0.500. The minimum Gasteiger partial charge on any atom is -0.494 e. The fourth-order valence-corrected chi connectivity index (χ4v) is 3.67. The van der Waals surface area contributed by atoms with Crippen LogP contribution in [0.1, 0.15) is 21.0 Å². The number of likely N-dealkylation sites (N-methyl/N-ethyl adjacent to an activating group) is 1. The van der Waals surface area contributed by atoms with Crippen LogP contribution < -0.4 is 10.1 Å². The molecule has 0 spiro atoms. The molecule has 19 heavy (non-hydrogen) atoms. The van der Waals surface area contributed by atoms with Crippen molar-refractivity contribution >= 4 is 39.1 Å². The molecule has 1 unspecified atom stereocenters. The molecule has 0 aromatic carbocycles. The first kappa shape index (κ1) is 14.3. The highest BCUT2D eigenvalue weighted by molar-refractivity contribution is 9.10. The molecular formula is C12H15BrN2O3S. The van der Waals surface area contributed by atoms with E-state index in [2.05, 4.69) is 21.2 Å². The highest BCUT2D eigenvalue weighted by atomic mass is 79.9. The molecule has 0 bridgehead atoms. The lowest BCUT2D eigenvalue weighted by atomic mass is 10.2. The Bertz CT molecular complexity index is 529. The molecule has 2 amide bonds. The van der Waals surface area contributed by atoms with E-state index in [4.69, 9.17) is 4.74 Å². The van der Waals surface area contributed by atoms with Gasteiger partial charge in [-0.25, -0.2) is 0 Å². The number of rotatable bonds is 3. The van der Waals surface area contributed by atoms with Gasteiger partial charge in [0.1, 0.15) is 10.9 Å². The number of nitrogens with one attached hydrogen (secondary N) is 1. The minimum atomic E-state index is -0.427. The Morgan fingerprint density at radius 2 is 2.26 bits per heavy atom. The number of carbonyl (C=O) groups excluding carboxylic acids is 2. The number of halogens is 1. The number of ether oxygens (including phenoxy) is 1. The molecule has 1 aliphatic rings. The van der Waals surface area contributed by atoms with Gasteiger partial charge in [0.05, 0.1) is 11.6 Å². The molecule has 1 aromatic heterocycles. The largest absolute Gasteiger partial charge is 0.494 e. The molecule has 1 saturated heterocycles. The van der Waals surface area contributed by atoms with Crippen molar-refractivity contribution < 1.29 is 14.3 Å². The molecule has 5 nitrogen and oxygen atoms in total. The molecule has 1 atom stereocenters. The van der Waals surface area contributed by atoms with Gasteiger partial charge in [0.15, 0.2) is 5.75 Å². The van der Waals surface area contributed by atoms with Crippen LogP contribution in [0.4, 0.5) is 0 Å². The molecule has 104 valence electrons. The maximum Gasteiger partial charge on any atom is 0.265 e. The third kappa shape index (κ3) is 2.62. The van der Waals surface area contributed by atoms with Crippen molar-refractivity contribution in [3.63, 3.8) is 0 Å². The zero-order valence-electron chi connectivity index (χ0n) is 10.9. The minimum absolute atomic E-state index is 0.0420. The maximum atomic E-state index is 12.2. The molecule has 2 heterocycles. The molecule has 1 aliphatic heterocycles. The van der Waals surface area contributed by atoms with Crippen molar-refractivity contribution in [2.75, 3.05) is 20.7 Å². The third-order valence-electron chi connectivity index (χ3n) is 3.11. The molecule has 0 radical (unpaired) electrons. The lowest BCUT2D eigenvalue weighted by Crippen LogP contribution is -2.40. The van der Waals surface area contributed by atoms with E-state index in [0.717, 1.165) is 9.35 Å². The summed E-state index contributed by atoms with van der Waals surface area (Å²) in [7, 11) is 3.26. The van der Waals surface area contributed by atoms with Crippen LogP contribution in [-0.4, -0.2) is 43.5 Å². The average Bonchev–Trinajstić information content (AvgIpc) is 2.84. The third-order valence-corrected chi connectivity index (χ3v) is 5.42. The van der Waals surface area contributed by atoms with Gasteiger partial charge >= 0.3 is 0 Å². The highest BCUT2D eigenvalue weighted by Gasteiger charge is 2.32. The zero-order chi connectivity index (χ0) is 14.2. The van der Waals surface area contributed by atoms with Gasteiger partial charge in [0.2, 0.25) is 5.91 Å².